The molecule has 37 nitrogen and oxygen atoms in total. The summed E-state index contributed by atoms with van der Waals surface area (Å²) in [5.41, 5.74) is 0.803. The molecule has 0 radical (unpaired) electrons. The van der Waals surface area contributed by atoms with Crippen molar-refractivity contribution < 1.29 is 102 Å². The van der Waals surface area contributed by atoms with E-state index in [-0.39, 0.29) is 207 Å². The minimum atomic E-state index is -0.884. The molecule has 8 bridgehead atoms. The van der Waals surface area contributed by atoms with Gasteiger partial charge in [0, 0.05) is 169 Å². The van der Waals surface area contributed by atoms with Gasteiger partial charge in [-0.15, -0.1) is 0 Å². The molecule has 0 saturated carbocycles. The van der Waals surface area contributed by atoms with Crippen LogP contribution in [0.3, 0.4) is 0 Å². The Morgan fingerprint density at radius 1 is 0.377 bits per heavy atom. The first-order chi connectivity index (χ1) is 63.0. The number of rotatable bonds is 33. The van der Waals surface area contributed by atoms with Crippen LogP contribution in [-0.2, 0) is 36.9 Å². The standard InChI is InChI=1S/C91H120N16O21S2/c1-4-49-123-54-55-124-50-47-105-40-33-95-84(116)68-24-22-66(74(108)76(68)110)82(114)93-31-38-104(39-32-94-83(115)67-23-25-69(77(111)75(67)109)85(117)96-34-41-105)45-46-107-44-37-99-88(120)73-29-28-72(80(127-59-61-13-7-5-8-14-61)81(73)128-60-62-15-9-6-10-16-62)87(119)98-36-43-106(48-51-125-56-57-126-53-52-122-3)42-35-97-86(118)70-26-27-71(79(113)78(70)112)89(121)101-65(58-107)17-11-12-30-100-91(130)103-64-20-18-63(19-21-64)102-90(129)92-2/h5-10,13-16,18-29,65,108-113H,4,11-12,17,30-60H2,1-3H3,(H,93,114)(H,94,115)(H,95,116)(H,96,117)(H,97,118)(H,98,119)(H,99,120)(H,101,121)(H2,92,102,129)(H2,100,103,130). The molecule has 8 heterocycles. The number of unbranched alkanes of at least 4 members (excludes halogenated alkanes) is 1. The summed E-state index contributed by atoms with van der Waals surface area (Å²) in [6.07, 6.45) is 2.01. The molecule has 18 N–H and O–H groups in total. The van der Waals surface area contributed by atoms with E-state index in [1.807, 2.05) is 111 Å². The second kappa shape index (κ2) is 54.9. The third kappa shape index (κ3) is 32.7. The molecule has 1 unspecified atom stereocenters. The average Bonchev–Trinajstić information content (AvgIpc) is 0.736. The molecule has 1 atom stereocenters. The van der Waals surface area contributed by atoms with E-state index in [0.29, 0.717) is 88.0 Å². The Morgan fingerprint density at radius 3 is 1.06 bits per heavy atom. The number of nitrogens with zero attached hydrogens (tertiary/aromatic N) is 4. The summed E-state index contributed by atoms with van der Waals surface area (Å²) in [6, 6.07) is 35.0. The van der Waals surface area contributed by atoms with Gasteiger partial charge < -0.3 is 128 Å². The number of ether oxygens (including phenoxy) is 7. The van der Waals surface area contributed by atoms with E-state index >= 15 is 4.79 Å². The van der Waals surface area contributed by atoms with E-state index < -0.39 is 87.8 Å². The van der Waals surface area contributed by atoms with Crippen LogP contribution in [0.5, 0.6) is 46.0 Å². The number of carbonyl (C=O) groups excluding carboxylic acids is 8. The Morgan fingerprint density at radius 2 is 0.692 bits per heavy atom. The largest absolute Gasteiger partial charge is 0.504 e. The molecular formula is C91H120N16O21S2. The fraction of sp³-hybridized carbons (Fsp3) is 0.429. The van der Waals surface area contributed by atoms with Gasteiger partial charge in [-0.05, 0) is 134 Å². The molecule has 0 spiro atoms. The minimum Gasteiger partial charge on any atom is -0.504 e. The number of amides is 8. The Bertz CT molecular complexity index is 4780. The molecule has 0 aromatic heterocycles. The summed E-state index contributed by atoms with van der Waals surface area (Å²) in [7, 11) is 3.28. The van der Waals surface area contributed by atoms with Gasteiger partial charge >= 0.3 is 0 Å². The van der Waals surface area contributed by atoms with E-state index in [1.54, 1.807) is 14.2 Å². The highest BCUT2D eigenvalue weighted by Crippen LogP contribution is 2.39. The van der Waals surface area contributed by atoms with Crippen molar-refractivity contribution in [1.29, 1.82) is 0 Å². The van der Waals surface area contributed by atoms with Gasteiger partial charge in [-0.2, -0.15) is 0 Å². The van der Waals surface area contributed by atoms with Gasteiger partial charge in [-0.25, -0.2) is 0 Å². The summed E-state index contributed by atoms with van der Waals surface area (Å²) in [6.45, 7) is 6.75. The Kier molecular flexibility index (Phi) is 42.9. The average molecular weight is 1840 g/mol. The number of hydrogen-bond donors (Lipinski definition) is 18. The van der Waals surface area contributed by atoms with Gasteiger partial charge in [0.1, 0.15) is 13.2 Å². The van der Waals surface area contributed by atoms with Crippen molar-refractivity contribution in [2.75, 3.05) is 215 Å². The summed E-state index contributed by atoms with van der Waals surface area (Å²) in [5.74, 6) is -11.4. The van der Waals surface area contributed by atoms with Crippen LogP contribution in [0.15, 0.2) is 133 Å². The minimum absolute atomic E-state index is 0.00120. The maximum Gasteiger partial charge on any atom is 0.255 e. The van der Waals surface area contributed by atoms with Crippen molar-refractivity contribution in [2.45, 2.75) is 51.9 Å². The number of methoxy groups -OCH3 is 1. The summed E-state index contributed by atoms with van der Waals surface area (Å²) >= 11 is 11.0. The highest BCUT2D eigenvalue weighted by Gasteiger charge is 2.30. The first-order valence-electron chi connectivity index (χ1n) is 43.3. The van der Waals surface area contributed by atoms with Crippen molar-refractivity contribution in [1.82, 2.24) is 72.8 Å². The molecule has 0 saturated heterocycles. The Labute approximate surface area is 766 Å². The zero-order chi connectivity index (χ0) is 92.9. The maximum atomic E-state index is 15.3. The molecule has 7 aromatic rings. The van der Waals surface area contributed by atoms with Crippen LogP contribution in [0.4, 0.5) is 11.4 Å². The van der Waals surface area contributed by atoms with Crippen LogP contribution >= 0.6 is 24.4 Å². The molecule has 0 aliphatic carbocycles. The van der Waals surface area contributed by atoms with E-state index in [4.69, 9.17) is 57.6 Å². The van der Waals surface area contributed by atoms with Gasteiger partial charge in [-0.1, -0.05) is 67.6 Å². The predicted molar refractivity (Wildman–Crippen MR) is 496 cm³/mol. The molecule has 8 amide bonds. The predicted octanol–water partition coefficient (Wildman–Crippen LogP) is 4.82. The van der Waals surface area contributed by atoms with Gasteiger partial charge in [0.15, 0.2) is 56.2 Å². The third-order valence-electron chi connectivity index (χ3n) is 21.0. The van der Waals surface area contributed by atoms with Crippen molar-refractivity contribution >= 4 is 93.3 Å². The smallest absolute Gasteiger partial charge is 0.255 e. The number of nitrogens with one attached hydrogen (secondary N) is 12. The zero-order valence-corrected chi connectivity index (χ0v) is 75.1. The fourth-order valence-electron chi connectivity index (χ4n) is 13.9. The molecule has 8 aliphatic heterocycles. The fourth-order valence-corrected chi connectivity index (χ4v) is 14.2. The molecule has 15 rings (SSSR count). The third-order valence-corrected chi connectivity index (χ3v) is 21.6. The molecular weight excluding hydrogens is 1720 g/mol. The number of carbonyl (C=O) groups is 8. The first kappa shape index (κ1) is 101. The summed E-state index contributed by atoms with van der Waals surface area (Å²) in [5, 5.41) is 105. The Hall–Kier alpha value is -12.3. The van der Waals surface area contributed by atoms with Crippen LogP contribution in [0, 0.1) is 0 Å². The second-order valence-corrected chi connectivity index (χ2v) is 31.1. The number of benzene rings is 7. The number of hydrogen-bond acceptors (Lipinski definition) is 27. The zero-order valence-electron chi connectivity index (χ0n) is 73.4. The number of aromatic hydroxyl groups is 6. The lowest BCUT2D eigenvalue weighted by molar-refractivity contribution is 0.0196. The van der Waals surface area contributed by atoms with Gasteiger partial charge in [-0.3, -0.25) is 58.0 Å². The van der Waals surface area contributed by atoms with Crippen LogP contribution in [0.2, 0.25) is 0 Å². The molecule has 8 aliphatic rings. The number of anilines is 2. The van der Waals surface area contributed by atoms with Crippen LogP contribution in [0.25, 0.3) is 0 Å². The Balaban J connectivity index is 1.04. The molecule has 0 fully saturated rings. The lowest BCUT2D eigenvalue weighted by Crippen LogP contribution is -2.49. The van der Waals surface area contributed by atoms with Gasteiger partial charge in [0.05, 0.1) is 97.4 Å². The molecule has 130 heavy (non-hydrogen) atoms. The van der Waals surface area contributed by atoms with Crippen molar-refractivity contribution in [3.8, 4) is 46.0 Å². The maximum absolute atomic E-state index is 15.3. The number of phenols is 6. The SMILES string of the molecule is CCCOCCOCCN1CCNC(=O)c2ccc(c(O)c2O)C(=O)NCCN(CCN2CCNC(=O)c3ccc(c(OCc4ccccc4)c3OCc3ccccc3)C(=O)NCCN(CCOCCOCCOC)CCNC(=O)c3ccc(c(O)c3O)C(=O)NC(CCCCNC(=S)Nc3ccc(NC(=S)NC)cc3)C2)CCNC(=O)c2ccc(c(O)c2O)C(=O)NCC1. The van der Waals surface area contributed by atoms with Gasteiger partial charge in [0.25, 0.3) is 47.3 Å². The van der Waals surface area contributed by atoms with E-state index in [2.05, 4.69) is 63.8 Å². The number of thiocarbonyl (C=S) groups is 2. The van der Waals surface area contributed by atoms with Crippen LogP contribution in [0.1, 0.15) is 127 Å². The molecule has 39 heteroatoms. The van der Waals surface area contributed by atoms with E-state index in [9.17, 15) is 64.2 Å². The normalized spacial score (nSPS) is 15.9. The highest BCUT2D eigenvalue weighted by atomic mass is 32.1. The second-order valence-electron chi connectivity index (χ2n) is 30.3. The molecule has 7 aromatic carbocycles. The lowest BCUT2D eigenvalue weighted by Gasteiger charge is -2.31. The summed E-state index contributed by atoms with van der Waals surface area (Å²) in [4.78, 5) is 122. The number of phenolic OH excluding ortho intramolecular Hbond substituents is 6. The van der Waals surface area contributed by atoms with Gasteiger partial charge in [0.2, 0.25) is 0 Å². The van der Waals surface area contributed by atoms with Crippen molar-refractivity contribution in [2.24, 2.45) is 0 Å². The summed E-state index contributed by atoms with van der Waals surface area (Å²) < 4.78 is 41.1. The first-order valence-corrected chi connectivity index (χ1v) is 44.1. The van der Waals surface area contributed by atoms with Crippen LogP contribution in [-0.4, -0.2) is 318 Å². The monoisotopic (exact) mass is 1840 g/mol. The van der Waals surface area contributed by atoms with E-state index in [1.165, 1.54) is 48.5 Å². The van der Waals surface area contributed by atoms with Crippen molar-refractivity contribution in [3.63, 3.8) is 0 Å². The topological polar surface area (TPSA) is 480 Å². The molecule has 702 valence electrons. The lowest BCUT2D eigenvalue weighted by atomic mass is 10.0. The van der Waals surface area contributed by atoms with E-state index in [0.717, 1.165) is 23.2 Å². The van der Waals surface area contributed by atoms with Crippen molar-refractivity contribution in [3.05, 3.63) is 189 Å². The highest BCUT2D eigenvalue weighted by molar-refractivity contribution is 7.80. The quantitative estimate of drug-likeness (QED) is 0.0149. The van der Waals surface area contributed by atoms with Crippen LogP contribution < -0.4 is 73.3 Å².